The van der Waals surface area contributed by atoms with Crippen LogP contribution in [-0.2, 0) is 37.2 Å². The number of carbonyl (C=O) groups is 3. The Kier molecular flexibility index (Phi) is 20.7. The van der Waals surface area contributed by atoms with Gasteiger partial charge in [0, 0.05) is 0 Å². The Morgan fingerprint density at radius 1 is 0.758 bits per heavy atom. The summed E-state index contributed by atoms with van der Waals surface area (Å²) in [5.74, 6) is -1.98. The van der Waals surface area contributed by atoms with Crippen LogP contribution < -0.4 is 0 Å². The molecule has 0 spiro atoms. The molecule has 0 aromatic rings. The first kappa shape index (κ1) is 33.9. The number of rotatable bonds is 19. The van der Waals surface area contributed by atoms with Crippen LogP contribution in [0.5, 0.6) is 0 Å². The fraction of sp³-hybridized carbons (Fsp3) is 0.731. The Hall–Kier alpha value is -1.24. The van der Waals surface area contributed by atoms with Crippen molar-refractivity contribution in [2.24, 2.45) is 11.3 Å². The topological polar surface area (TPSA) is 109 Å². The summed E-state index contributed by atoms with van der Waals surface area (Å²) in [7, 11) is 0. The van der Waals surface area contributed by atoms with Gasteiger partial charge in [0.05, 0.1) is 0 Å². The second-order valence-electron chi connectivity index (χ2n) is 9.34. The number of carbonyl (C=O) groups excluding carboxylic acids is 2. The molecule has 7 heteroatoms. The van der Waals surface area contributed by atoms with Crippen LogP contribution in [0.2, 0.25) is 0 Å². The molecule has 189 valence electrons. The molecule has 33 heavy (non-hydrogen) atoms. The predicted molar refractivity (Wildman–Crippen MR) is 127 cm³/mol. The van der Waals surface area contributed by atoms with E-state index in [0.29, 0.717) is 6.42 Å². The number of Topliss-reactive ketones (excluding diaryl/α,β-unsaturated/α-hetero) is 2. The van der Waals surface area contributed by atoms with E-state index in [0.717, 1.165) is 25.2 Å². The molecule has 0 saturated heterocycles. The summed E-state index contributed by atoms with van der Waals surface area (Å²) in [5, 5.41) is 9.74. The standard InChI is InChI=1S/C26H44O4.H2O.O.Ti/c1-20(2)18-16-14-12-10-8-7-9-11-13-15-17-19-26(25(29)30,23(27)21(3)4)24(28)22(5)6;;;/h20H,3,5,7-19H2,1-2,4,6H3,(H,29,30);1H2;;/q;;;+1/p-1. The Balaban J connectivity index is 0. The average Bonchev–Trinajstić information content (AvgIpc) is 2.73. The number of hydrogen-bond acceptors (Lipinski definition) is 4. The van der Waals surface area contributed by atoms with E-state index in [1.165, 1.54) is 65.2 Å². The molecule has 0 rings (SSSR count). The zero-order chi connectivity index (χ0) is 25.9. The molecule has 0 aliphatic carbocycles. The van der Waals surface area contributed by atoms with E-state index in [1.807, 2.05) is 0 Å². The van der Waals surface area contributed by atoms with Crippen molar-refractivity contribution < 1.29 is 46.0 Å². The second kappa shape index (κ2) is 20.2. The summed E-state index contributed by atoms with van der Waals surface area (Å²) in [5.41, 5.74) is -1.87. The summed E-state index contributed by atoms with van der Waals surface area (Å²) >= 11 is -1.75. The number of hydrogen-bond donors (Lipinski definition) is 2. The molecule has 0 saturated carbocycles. The van der Waals surface area contributed by atoms with Crippen molar-refractivity contribution in [1.82, 2.24) is 0 Å². The summed E-state index contributed by atoms with van der Waals surface area (Å²) in [4.78, 5) is 37.1. The summed E-state index contributed by atoms with van der Waals surface area (Å²) < 4.78 is 15.8. The van der Waals surface area contributed by atoms with Gasteiger partial charge in [0.1, 0.15) is 0 Å². The third kappa shape index (κ3) is 14.6. The molecule has 0 unspecified atom stereocenters. The van der Waals surface area contributed by atoms with Gasteiger partial charge in [-0.1, -0.05) is 104 Å². The zero-order valence-corrected chi connectivity index (χ0v) is 22.8. The first-order chi connectivity index (χ1) is 15.5. The molecule has 0 bridgehead atoms. The van der Waals surface area contributed by atoms with Crippen LogP contribution in [0.3, 0.4) is 0 Å². The minimum atomic E-state index is -2.06. The maximum absolute atomic E-state index is 12.6. The molecule has 0 aliphatic heterocycles. The van der Waals surface area contributed by atoms with E-state index in [9.17, 15) is 19.5 Å². The van der Waals surface area contributed by atoms with E-state index in [4.69, 9.17) is 7.01 Å². The van der Waals surface area contributed by atoms with Crippen LogP contribution in [-0.4, -0.2) is 26.3 Å². The van der Waals surface area contributed by atoms with Crippen molar-refractivity contribution in [3.05, 3.63) is 24.3 Å². The first-order valence-corrected chi connectivity index (χ1v) is 13.5. The zero-order valence-electron chi connectivity index (χ0n) is 21.2. The number of allylic oxidation sites excluding steroid dienone is 2. The third-order valence-electron chi connectivity index (χ3n) is 5.75. The fourth-order valence-electron chi connectivity index (χ4n) is 3.89. The molecule has 0 radical (unpaired) electrons. The fourth-order valence-corrected chi connectivity index (χ4v) is 3.89. The van der Waals surface area contributed by atoms with Gasteiger partial charge in [-0.3, -0.25) is 14.4 Å². The van der Waals surface area contributed by atoms with E-state index in [2.05, 4.69) is 27.0 Å². The van der Waals surface area contributed by atoms with Crippen LogP contribution in [0.4, 0.5) is 0 Å². The second-order valence-corrected chi connectivity index (χ2v) is 9.63. The SMILES string of the molecule is C=C(C)C(=O)C(CCCCCCCCCCCCCC(C)C)(C(=O)O)C(=O)C(=C)C.[O]=[Ti][OH]. The van der Waals surface area contributed by atoms with Gasteiger partial charge in [-0.05, 0) is 37.3 Å². The van der Waals surface area contributed by atoms with Crippen LogP contribution >= 0.6 is 0 Å². The minimum absolute atomic E-state index is 0.0100. The Bertz CT molecular complexity index is 613. The number of aliphatic carboxylic acids is 1. The summed E-state index contributed by atoms with van der Waals surface area (Å²) in [6, 6.07) is 0. The first-order valence-electron chi connectivity index (χ1n) is 12.1. The third-order valence-corrected chi connectivity index (χ3v) is 5.75. The van der Waals surface area contributed by atoms with Gasteiger partial charge in [0.25, 0.3) is 0 Å². The quantitative estimate of drug-likeness (QED) is 0.0918. The predicted octanol–water partition coefficient (Wildman–Crippen LogP) is 6.40. The molecule has 0 aromatic carbocycles. The molecular weight excluding hydrogens is 456 g/mol. The van der Waals surface area contributed by atoms with Crippen molar-refractivity contribution in [3.63, 3.8) is 0 Å². The van der Waals surface area contributed by atoms with Crippen molar-refractivity contribution >= 4 is 17.5 Å². The van der Waals surface area contributed by atoms with Crippen LogP contribution in [0, 0.1) is 11.3 Å². The van der Waals surface area contributed by atoms with Crippen molar-refractivity contribution in [3.8, 4) is 0 Å². The van der Waals surface area contributed by atoms with Crippen molar-refractivity contribution in [2.45, 2.75) is 111 Å². The molecule has 0 fully saturated rings. The van der Waals surface area contributed by atoms with Crippen molar-refractivity contribution in [1.29, 1.82) is 0 Å². The van der Waals surface area contributed by atoms with Gasteiger partial charge in [0.2, 0.25) is 0 Å². The molecular formula is C26H45O6Ti. The number of carboxylic acids is 1. The summed E-state index contributed by atoms with van der Waals surface area (Å²) in [6.45, 7) is 14.6. The van der Waals surface area contributed by atoms with Gasteiger partial charge in [-0.25, -0.2) is 0 Å². The molecule has 0 heterocycles. The summed E-state index contributed by atoms with van der Waals surface area (Å²) in [6.07, 6.45) is 13.8. The molecule has 2 N–H and O–H groups in total. The number of carboxylic acid groups (broad SMARTS) is 1. The normalized spacial score (nSPS) is 10.7. The van der Waals surface area contributed by atoms with Gasteiger partial charge in [0.15, 0.2) is 17.0 Å². The van der Waals surface area contributed by atoms with Crippen LogP contribution in [0.15, 0.2) is 24.3 Å². The van der Waals surface area contributed by atoms with E-state index < -0.39 is 42.5 Å². The Morgan fingerprint density at radius 3 is 1.33 bits per heavy atom. The van der Waals surface area contributed by atoms with Crippen LogP contribution in [0.25, 0.3) is 0 Å². The van der Waals surface area contributed by atoms with E-state index in [1.54, 1.807) is 0 Å². The van der Waals surface area contributed by atoms with Crippen LogP contribution in [0.1, 0.15) is 111 Å². The van der Waals surface area contributed by atoms with Gasteiger partial charge in [-0.2, -0.15) is 0 Å². The molecule has 0 amide bonds. The number of unbranched alkanes of at least 4 members (excludes halogenated alkanes) is 10. The molecule has 0 atom stereocenters. The molecule has 6 nitrogen and oxygen atoms in total. The average molecular weight is 502 g/mol. The van der Waals surface area contributed by atoms with Gasteiger partial charge < -0.3 is 5.11 Å². The van der Waals surface area contributed by atoms with Crippen molar-refractivity contribution in [2.75, 3.05) is 0 Å². The maximum atomic E-state index is 12.6. The molecule has 0 aromatic heterocycles. The molecule has 0 aliphatic rings. The van der Waals surface area contributed by atoms with Gasteiger partial charge in [-0.15, -0.1) is 0 Å². The monoisotopic (exact) mass is 501 g/mol. The Morgan fingerprint density at radius 2 is 1.06 bits per heavy atom. The Labute approximate surface area is 210 Å². The van der Waals surface area contributed by atoms with E-state index in [-0.39, 0.29) is 17.6 Å². The van der Waals surface area contributed by atoms with Gasteiger partial charge >= 0.3 is 32.5 Å². The van der Waals surface area contributed by atoms with E-state index >= 15 is 0 Å². The number of ketones is 2.